The Hall–Kier alpha value is -1.84. The second kappa shape index (κ2) is 4.44. The monoisotopic (exact) mass is 247 g/mol. The minimum absolute atomic E-state index is 0.0820. The number of carbonyl (C=O) groups is 2. The Balaban J connectivity index is 2.50. The van der Waals surface area contributed by atoms with Gasteiger partial charge in [-0.25, -0.2) is 4.79 Å². The van der Waals surface area contributed by atoms with E-state index in [2.05, 4.69) is 0 Å². The third-order valence-corrected chi connectivity index (χ3v) is 3.61. The first-order valence-electron chi connectivity index (χ1n) is 6.07. The summed E-state index contributed by atoms with van der Waals surface area (Å²) in [6, 6.07) is 7.34. The lowest BCUT2D eigenvalue weighted by atomic mass is 9.89. The lowest BCUT2D eigenvalue weighted by Gasteiger charge is -2.35. The minimum Gasteiger partial charge on any atom is -0.479 e. The molecule has 96 valence electrons. The molecule has 18 heavy (non-hydrogen) atoms. The first kappa shape index (κ1) is 12.6. The smallest absolute Gasteiger partial charge is 0.334 e. The van der Waals surface area contributed by atoms with Crippen molar-refractivity contribution in [1.82, 2.24) is 4.90 Å². The normalized spacial score (nSPS) is 18.8. The Morgan fingerprint density at radius 3 is 2.67 bits per heavy atom. The van der Waals surface area contributed by atoms with Gasteiger partial charge in [-0.15, -0.1) is 0 Å². The van der Waals surface area contributed by atoms with Crippen LogP contribution in [0.1, 0.15) is 30.9 Å². The van der Waals surface area contributed by atoms with E-state index in [1.54, 1.807) is 13.0 Å². The molecule has 1 aromatic carbocycles. The fraction of sp³-hybridized carbons (Fsp3) is 0.429. The summed E-state index contributed by atoms with van der Waals surface area (Å²) in [5.41, 5.74) is 0.386. The van der Waals surface area contributed by atoms with E-state index >= 15 is 0 Å². The van der Waals surface area contributed by atoms with Crippen molar-refractivity contribution in [2.45, 2.75) is 32.2 Å². The van der Waals surface area contributed by atoms with E-state index in [1.807, 2.05) is 25.1 Å². The average Bonchev–Trinajstić information content (AvgIpc) is 2.74. The summed E-state index contributed by atoms with van der Waals surface area (Å²) in [6.07, 6.45) is 1.17. The maximum absolute atomic E-state index is 11.8. The summed E-state index contributed by atoms with van der Waals surface area (Å²) in [5, 5.41) is 9.56. The van der Waals surface area contributed by atoms with Gasteiger partial charge in [-0.2, -0.15) is 0 Å². The van der Waals surface area contributed by atoms with E-state index in [1.165, 1.54) is 4.90 Å². The number of hydrogen-bond acceptors (Lipinski definition) is 2. The van der Waals surface area contributed by atoms with Gasteiger partial charge in [0.1, 0.15) is 0 Å². The molecular weight excluding hydrogens is 230 g/mol. The highest BCUT2D eigenvalue weighted by Crippen LogP contribution is 2.33. The van der Waals surface area contributed by atoms with Crippen LogP contribution in [0.2, 0.25) is 0 Å². The second-order valence-corrected chi connectivity index (χ2v) is 4.90. The fourth-order valence-electron chi connectivity index (χ4n) is 2.46. The number of likely N-dealkylation sites (tertiary alicyclic amines) is 1. The van der Waals surface area contributed by atoms with Crippen LogP contribution in [-0.2, 0) is 15.1 Å². The largest absolute Gasteiger partial charge is 0.479 e. The lowest BCUT2D eigenvalue weighted by molar-refractivity contribution is -0.156. The summed E-state index contributed by atoms with van der Waals surface area (Å²) in [6.45, 7) is 4.03. The maximum Gasteiger partial charge on any atom is 0.334 e. The third-order valence-electron chi connectivity index (χ3n) is 3.61. The average molecular weight is 247 g/mol. The molecule has 1 atom stereocenters. The molecule has 1 saturated heterocycles. The third kappa shape index (κ3) is 1.88. The highest BCUT2D eigenvalue weighted by Gasteiger charge is 2.45. The number of carboxylic acid groups (broad SMARTS) is 1. The van der Waals surface area contributed by atoms with Gasteiger partial charge in [-0.05, 0) is 25.8 Å². The van der Waals surface area contributed by atoms with Gasteiger partial charge in [0.25, 0.3) is 0 Å². The predicted molar refractivity (Wildman–Crippen MR) is 67.1 cm³/mol. The van der Waals surface area contributed by atoms with E-state index in [9.17, 15) is 14.7 Å². The number of aliphatic carboxylic acids is 1. The van der Waals surface area contributed by atoms with Gasteiger partial charge < -0.3 is 10.0 Å². The molecule has 1 aliphatic heterocycles. The van der Waals surface area contributed by atoms with Gasteiger partial charge in [-0.1, -0.05) is 29.8 Å². The molecule has 2 rings (SSSR count). The predicted octanol–water partition coefficient (Wildman–Crippen LogP) is 1.92. The molecule has 1 heterocycles. The quantitative estimate of drug-likeness (QED) is 0.887. The van der Waals surface area contributed by atoms with Gasteiger partial charge in [0, 0.05) is 13.0 Å². The van der Waals surface area contributed by atoms with Crippen molar-refractivity contribution in [3.8, 4) is 0 Å². The number of hydrogen-bond donors (Lipinski definition) is 1. The van der Waals surface area contributed by atoms with Crippen LogP contribution in [0.15, 0.2) is 24.3 Å². The number of benzene rings is 1. The second-order valence-electron chi connectivity index (χ2n) is 4.90. The van der Waals surface area contributed by atoms with E-state index in [0.717, 1.165) is 12.0 Å². The van der Waals surface area contributed by atoms with E-state index in [4.69, 9.17) is 0 Å². The molecule has 0 radical (unpaired) electrons. The molecule has 0 saturated carbocycles. The maximum atomic E-state index is 11.8. The molecule has 1 fully saturated rings. The van der Waals surface area contributed by atoms with Crippen molar-refractivity contribution < 1.29 is 14.7 Å². The summed E-state index contributed by atoms with van der Waals surface area (Å²) in [7, 11) is 0. The number of rotatable bonds is 3. The van der Waals surface area contributed by atoms with Crippen LogP contribution in [0.25, 0.3) is 0 Å². The number of amides is 1. The molecule has 1 aliphatic rings. The summed E-state index contributed by atoms with van der Waals surface area (Å²) in [5.74, 6) is -1.07. The molecule has 0 spiro atoms. The Bertz CT molecular complexity index is 498. The number of nitrogens with zero attached hydrogens (tertiary/aromatic N) is 1. The number of aryl methyl sites for hydroxylation is 1. The number of carboxylic acids is 1. The summed E-state index contributed by atoms with van der Waals surface area (Å²) < 4.78 is 0. The van der Waals surface area contributed by atoms with Crippen LogP contribution >= 0.6 is 0 Å². The Morgan fingerprint density at radius 1 is 1.44 bits per heavy atom. The molecule has 0 bridgehead atoms. The van der Waals surface area contributed by atoms with E-state index in [0.29, 0.717) is 18.5 Å². The van der Waals surface area contributed by atoms with Crippen LogP contribution in [-0.4, -0.2) is 28.4 Å². The first-order chi connectivity index (χ1) is 8.46. The molecule has 1 N–H and O–H groups in total. The topological polar surface area (TPSA) is 57.6 Å². The van der Waals surface area contributed by atoms with Gasteiger partial charge in [-0.3, -0.25) is 4.79 Å². The molecule has 1 unspecified atom stereocenters. The van der Waals surface area contributed by atoms with Gasteiger partial charge >= 0.3 is 5.97 Å². The standard InChI is InChI=1S/C14H17NO3/c1-10-5-3-6-11(9-10)14(2,13(17)18)15-8-4-7-12(15)16/h3,5-6,9H,4,7-8H2,1-2H3,(H,17,18). The SMILES string of the molecule is Cc1cccc(C(C)(C(=O)O)N2CCCC2=O)c1. The zero-order valence-electron chi connectivity index (χ0n) is 10.6. The van der Waals surface area contributed by atoms with Crippen LogP contribution in [0.4, 0.5) is 0 Å². The molecule has 4 heteroatoms. The highest BCUT2D eigenvalue weighted by molar-refractivity contribution is 5.89. The molecule has 0 aliphatic carbocycles. The molecule has 1 aromatic rings. The van der Waals surface area contributed by atoms with Crippen molar-refractivity contribution in [2.75, 3.05) is 6.54 Å². The fourth-order valence-corrected chi connectivity index (χ4v) is 2.46. The van der Waals surface area contributed by atoms with Gasteiger partial charge in [0.15, 0.2) is 5.54 Å². The zero-order chi connectivity index (χ0) is 13.3. The molecule has 1 amide bonds. The minimum atomic E-state index is -1.26. The van der Waals surface area contributed by atoms with Crippen molar-refractivity contribution >= 4 is 11.9 Å². The Labute approximate surface area is 106 Å². The Kier molecular flexibility index (Phi) is 3.11. The van der Waals surface area contributed by atoms with Crippen molar-refractivity contribution in [2.24, 2.45) is 0 Å². The number of carbonyl (C=O) groups excluding carboxylic acids is 1. The highest BCUT2D eigenvalue weighted by atomic mass is 16.4. The molecule has 4 nitrogen and oxygen atoms in total. The first-order valence-corrected chi connectivity index (χ1v) is 6.07. The van der Waals surface area contributed by atoms with Crippen LogP contribution in [0.3, 0.4) is 0 Å². The van der Waals surface area contributed by atoms with Crippen molar-refractivity contribution in [1.29, 1.82) is 0 Å². The summed E-state index contributed by atoms with van der Waals surface area (Å²) in [4.78, 5) is 25.0. The summed E-state index contributed by atoms with van der Waals surface area (Å²) >= 11 is 0. The van der Waals surface area contributed by atoms with E-state index in [-0.39, 0.29) is 5.91 Å². The van der Waals surface area contributed by atoms with E-state index < -0.39 is 11.5 Å². The Morgan fingerprint density at radius 2 is 2.17 bits per heavy atom. The van der Waals surface area contributed by atoms with Crippen LogP contribution < -0.4 is 0 Å². The molecule has 0 aromatic heterocycles. The van der Waals surface area contributed by atoms with Crippen LogP contribution in [0, 0.1) is 6.92 Å². The van der Waals surface area contributed by atoms with Crippen molar-refractivity contribution in [3.63, 3.8) is 0 Å². The van der Waals surface area contributed by atoms with Gasteiger partial charge in [0.2, 0.25) is 5.91 Å². The van der Waals surface area contributed by atoms with Crippen LogP contribution in [0.5, 0.6) is 0 Å². The van der Waals surface area contributed by atoms with Gasteiger partial charge in [0.05, 0.1) is 0 Å². The van der Waals surface area contributed by atoms with Crippen molar-refractivity contribution in [3.05, 3.63) is 35.4 Å². The molecular formula is C14H17NO3. The zero-order valence-corrected chi connectivity index (χ0v) is 10.6. The lowest BCUT2D eigenvalue weighted by Crippen LogP contribution is -2.50.